The number of nitrogens with one attached hydrogen (secondary N) is 1. The molecule has 0 fully saturated rings. The van der Waals surface area contributed by atoms with Gasteiger partial charge in [0.25, 0.3) is 0 Å². The quantitative estimate of drug-likeness (QED) is 0.600. The predicted octanol–water partition coefficient (Wildman–Crippen LogP) is 0.0181. The first-order chi connectivity index (χ1) is 10.2. The van der Waals surface area contributed by atoms with Gasteiger partial charge in [-0.05, 0) is 12.1 Å². The second-order valence-corrected chi connectivity index (χ2v) is 5.99. The molecule has 1 aromatic carbocycles. The van der Waals surface area contributed by atoms with Crippen LogP contribution in [0.5, 0.6) is 0 Å². The second-order valence-electron chi connectivity index (χ2n) is 4.16. The van der Waals surface area contributed by atoms with Crippen molar-refractivity contribution < 1.29 is 33.0 Å². The molecule has 0 saturated carbocycles. The number of carboxylic acid groups (broad SMARTS) is 2. The summed E-state index contributed by atoms with van der Waals surface area (Å²) >= 11 is 0. The van der Waals surface area contributed by atoms with Crippen LogP contribution in [0, 0.1) is 0 Å². The Morgan fingerprint density at radius 3 is 2.23 bits per heavy atom. The first kappa shape index (κ1) is 17.4. The normalized spacial score (nSPS) is 12.7. The molecule has 1 rings (SSSR count). The molecule has 9 heteroatoms. The third-order valence-corrected chi connectivity index (χ3v) is 3.89. The van der Waals surface area contributed by atoms with Gasteiger partial charge in [0.2, 0.25) is 5.91 Å². The standard InChI is InChI=1S/C13H13NO7S/c15-11(14-10(13(18)19)8-12(16)17)6-7-22(20,21)9-4-2-1-3-5-9/h1-7,10H,8H2,(H,14,15)(H,16,17)(H,18,19)/t10-/m1/s1. The van der Waals surface area contributed by atoms with Gasteiger partial charge in [-0.25, -0.2) is 13.2 Å². The van der Waals surface area contributed by atoms with Crippen molar-refractivity contribution in [2.75, 3.05) is 0 Å². The van der Waals surface area contributed by atoms with Gasteiger partial charge in [-0.15, -0.1) is 0 Å². The Kier molecular flexibility index (Phi) is 5.81. The number of carbonyl (C=O) groups is 3. The zero-order valence-corrected chi connectivity index (χ0v) is 12.0. The molecule has 0 bridgehead atoms. The average Bonchev–Trinajstić information content (AvgIpc) is 2.45. The van der Waals surface area contributed by atoms with Gasteiger partial charge >= 0.3 is 11.9 Å². The fourth-order valence-electron chi connectivity index (χ4n) is 1.43. The molecule has 0 radical (unpaired) electrons. The number of sulfone groups is 1. The number of amides is 1. The van der Waals surface area contributed by atoms with Crippen LogP contribution < -0.4 is 5.32 Å². The fraction of sp³-hybridized carbons (Fsp3) is 0.154. The van der Waals surface area contributed by atoms with E-state index in [0.29, 0.717) is 11.5 Å². The maximum absolute atomic E-state index is 11.9. The summed E-state index contributed by atoms with van der Waals surface area (Å²) in [6.45, 7) is 0. The molecule has 3 N–H and O–H groups in total. The van der Waals surface area contributed by atoms with Crippen molar-refractivity contribution in [3.8, 4) is 0 Å². The molecule has 0 aromatic heterocycles. The van der Waals surface area contributed by atoms with Crippen molar-refractivity contribution in [2.45, 2.75) is 17.4 Å². The number of aliphatic carboxylic acids is 2. The van der Waals surface area contributed by atoms with Crippen molar-refractivity contribution >= 4 is 27.7 Å². The Balaban J connectivity index is 2.79. The van der Waals surface area contributed by atoms with E-state index in [1.807, 2.05) is 5.32 Å². The van der Waals surface area contributed by atoms with Gasteiger partial charge in [-0.2, -0.15) is 0 Å². The monoisotopic (exact) mass is 327 g/mol. The second kappa shape index (κ2) is 7.36. The van der Waals surface area contributed by atoms with E-state index in [1.165, 1.54) is 24.3 Å². The van der Waals surface area contributed by atoms with Crippen LogP contribution >= 0.6 is 0 Å². The van der Waals surface area contributed by atoms with E-state index in [2.05, 4.69) is 0 Å². The first-order valence-corrected chi connectivity index (χ1v) is 7.50. The molecule has 1 amide bonds. The highest BCUT2D eigenvalue weighted by Crippen LogP contribution is 2.10. The van der Waals surface area contributed by atoms with Crippen LogP contribution in [-0.4, -0.2) is 42.5 Å². The molecule has 1 aromatic rings. The number of carbonyl (C=O) groups excluding carboxylic acids is 1. The maximum Gasteiger partial charge on any atom is 0.326 e. The van der Waals surface area contributed by atoms with Crippen LogP contribution in [0.2, 0.25) is 0 Å². The largest absolute Gasteiger partial charge is 0.481 e. The number of carboxylic acids is 2. The minimum Gasteiger partial charge on any atom is -0.481 e. The highest BCUT2D eigenvalue weighted by atomic mass is 32.2. The van der Waals surface area contributed by atoms with Gasteiger partial charge in [-0.3, -0.25) is 9.59 Å². The first-order valence-electron chi connectivity index (χ1n) is 5.95. The van der Waals surface area contributed by atoms with Crippen molar-refractivity contribution in [1.29, 1.82) is 0 Å². The summed E-state index contributed by atoms with van der Waals surface area (Å²) in [6.07, 6.45) is -0.180. The van der Waals surface area contributed by atoms with Crippen molar-refractivity contribution in [3.63, 3.8) is 0 Å². The van der Waals surface area contributed by atoms with E-state index in [1.54, 1.807) is 6.07 Å². The van der Waals surface area contributed by atoms with Crippen LogP contribution in [0.3, 0.4) is 0 Å². The molecule has 8 nitrogen and oxygen atoms in total. The molecule has 0 unspecified atom stereocenters. The molecule has 0 aliphatic rings. The lowest BCUT2D eigenvalue weighted by molar-refractivity contribution is -0.146. The van der Waals surface area contributed by atoms with Gasteiger partial charge in [0.05, 0.1) is 11.3 Å². The molecule has 0 heterocycles. The Morgan fingerprint density at radius 2 is 1.73 bits per heavy atom. The summed E-state index contributed by atoms with van der Waals surface area (Å²) in [7, 11) is -3.84. The van der Waals surface area contributed by atoms with Crippen LogP contribution in [0.1, 0.15) is 6.42 Å². The highest BCUT2D eigenvalue weighted by Gasteiger charge is 2.22. The lowest BCUT2D eigenvalue weighted by atomic mass is 10.2. The summed E-state index contributed by atoms with van der Waals surface area (Å²) in [4.78, 5) is 32.7. The summed E-state index contributed by atoms with van der Waals surface area (Å²) < 4.78 is 23.7. The molecule has 0 aliphatic heterocycles. The minimum atomic E-state index is -3.84. The summed E-state index contributed by atoms with van der Waals surface area (Å²) in [5.74, 6) is -3.96. The van der Waals surface area contributed by atoms with Crippen molar-refractivity contribution in [2.24, 2.45) is 0 Å². The number of rotatable bonds is 7. The van der Waals surface area contributed by atoms with Crippen LogP contribution in [0.25, 0.3) is 0 Å². The van der Waals surface area contributed by atoms with E-state index in [-0.39, 0.29) is 4.90 Å². The summed E-state index contributed by atoms with van der Waals surface area (Å²) in [6, 6.07) is 5.67. The van der Waals surface area contributed by atoms with Crippen molar-refractivity contribution in [3.05, 3.63) is 41.8 Å². The summed E-state index contributed by atoms with van der Waals surface area (Å²) in [5.41, 5.74) is 0. The lowest BCUT2D eigenvalue weighted by Crippen LogP contribution is -2.41. The third kappa shape index (κ3) is 5.37. The van der Waals surface area contributed by atoms with E-state index in [4.69, 9.17) is 10.2 Å². The van der Waals surface area contributed by atoms with Gasteiger partial charge in [-0.1, -0.05) is 18.2 Å². The van der Waals surface area contributed by atoms with Crippen LogP contribution in [0.15, 0.2) is 46.7 Å². The van der Waals surface area contributed by atoms with E-state index < -0.39 is 40.1 Å². The number of hydrogen-bond acceptors (Lipinski definition) is 5. The molecular formula is C13H13NO7S. The van der Waals surface area contributed by atoms with E-state index in [0.717, 1.165) is 0 Å². The van der Waals surface area contributed by atoms with Crippen LogP contribution in [-0.2, 0) is 24.2 Å². The zero-order chi connectivity index (χ0) is 16.8. The van der Waals surface area contributed by atoms with Gasteiger partial charge in [0.15, 0.2) is 9.84 Å². The maximum atomic E-state index is 11.9. The molecule has 0 aliphatic carbocycles. The van der Waals surface area contributed by atoms with Crippen molar-refractivity contribution in [1.82, 2.24) is 5.32 Å². The zero-order valence-electron chi connectivity index (χ0n) is 11.2. The highest BCUT2D eigenvalue weighted by molar-refractivity contribution is 7.94. The van der Waals surface area contributed by atoms with Gasteiger partial charge in [0, 0.05) is 11.5 Å². The minimum absolute atomic E-state index is 0.0284. The molecular weight excluding hydrogens is 314 g/mol. The Hall–Kier alpha value is -2.68. The van der Waals surface area contributed by atoms with Gasteiger partial charge in [0.1, 0.15) is 6.04 Å². The third-order valence-electron chi connectivity index (χ3n) is 2.46. The Bertz CT molecular complexity index is 694. The SMILES string of the molecule is O=C(O)C[C@@H](NC(=O)C=CS(=O)(=O)c1ccccc1)C(=O)O. The average molecular weight is 327 g/mol. The van der Waals surface area contributed by atoms with Gasteiger partial charge < -0.3 is 15.5 Å². The predicted molar refractivity (Wildman–Crippen MR) is 74.6 cm³/mol. The molecule has 0 saturated heterocycles. The smallest absolute Gasteiger partial charge is 0.326 e. The molecule has 118 valence electrons. The Labute approximate surface area is 126 Å². The molecule has 1 atom stereocenters. The van der Waals surface area contributed by atoms with E-state index in [9.17, 15) is 22.8 Å². The van der Waals surface area contributed by atoms with E-state index >= 15 is 0 Å². The summed E-state index contributed by atoms with van der Waals surface area (Å²) in [5, 5.41) is 19.8. The topological polar surface area (TPSA) is 138 Å². The van der Waals surface area contributed by atoms with Crippen LogP contribution in [0.4, 0.5) is 0 Å². The number of benzene rings is 1. The molecule has 22 heavy (non-hydrogen) atoms. The lowest BCUT2D eigenvalue weighted by Gasteiger charge is -2.10. The fourth-order valence-corrected chi connectivity index (χ4v) is 2.43. The Morgan fingerprint density at radius 1 is 1.14 bits per heavy atom. The molecule has 0 spiro atoms. The number of hydrogen-bond donors (Lipinski definition) is 3.